The van der Waals surface area contributed by atoms with Crippen LogP contribution >= 0.6 is 69.6 Å². The fraction of sp³-hybridized carbons (Fsp3) is 0.600. The van der Waals surface area contributed by atoms with Gasteiger partial charge in [-0.05, 0) is 6.42 Å². The van der Waals surface area contributed by atoms with Crippen LogP contribution < -0.4 is 0 Å². The zero-order valence-corrected chi connectivity index (χ0v) is 12.3. The van der Waals surface area contributed by atoms with Crippen molar-refractivity contribution >= 4 is 69.6 Å². The van der Waals surface area contributed by atoms with E-state index in [0.717, 1.165) is 6.42 Å². The lowest BCUT2D eigenvalue weighted by atomic mass is 9.84. The van der Waals surface area contributed by atoms with E-state index in [1.807, 2.05) is 0 Å². The normalized spacial score (nSPS) is 50.6. The molecular formula is C10H6Cl6. The quantitative estimate of drug-likeness (QED) is 0.530. The molecule has 4 unspecified atom stereocenters. The maximum absolute atomic E-state index is 6.55. The van der Waals surface area contributed by atoms with Gasteiger partial charge < -0.3 is 0 Å². The standard InChI is InChI=1S/C10H6Cl6/c11-5-3-1-2-4(5)10(16,8(14)6(2)12)9(15)7(3)13/h2-5H,1H2/t2-,3?,4?,5?,10?/m0/s1. The van der Waals surface area contributed by atoms with Gasteiger partial charge in [0.05, 0.1) is 10.1 Å². The molecule has 3 rings (SSSR count). The van der Waals surface area contributed by atoms with Gasteiger partial charge in [-0.25, -0.2) is 0 Å². The van der Waals surface area contributed by atoms with Crippen LogP contribution in [0.1, 0.15) is 6.42 Å². The summed E-state index contributed by atoms with van der Waals surface area (Å²) in [6.45, 7) is 0. The number of fused-ring (bicyclic) bond motifs is 1. The number of allylic oxidation sites excluding steroid dienone is 4. The first-order chi connectivity index (χ1) is 7.40. The Morgan fingerprint density at radius 2 is 1.44 bits per heavy atom. The largest absolute Gasteiger partial charge is 0.122 e. The van der Waals surface area contributed by atoms with Gasteiger partial charge in [0.2, 0.25) is 0 Å². The number of hydrogen-bond donors (Lipinski definition) is 0. The summed E-state index contributed by atoms with van der Waals surface area (Å²) in [6, 6.07) is 0. The van der Waals surface area contributed by atoms with Gasteiger partial charge in [-0.1, -0.05) is 46.4 Å². The third-order valence-corrected chi connectivity index (χ3v) is 7.37. The van der Waals surface area contributed by atoms with Crippen LogP contribution in [0, 0.1) is 17.8 Å². The highest BCUT2D eigenvalue weighted by Gasteiger charge is 2.65. The fourth-order valence-electron chi connectivity index (χ4n) is 3.09. The predicted octanol–water partition coefficient (Wildman–Crippen LogP) is 5.23. The second kappa shape index (κ2) is 3.62. The summed E-state index contributed by atoms with van der Waals surface area (Å²) in [7, 11) is 0. The van der Waals surface area contributed by atoms with E-state index in [1.54, 1.807) is 0 Å². The Labute approximate surface area is 123 Å². The molecule has 1 saturated carbocycles. The molecule has 0 aromatic rings. The molecule has 0 N–H and O–H groups in total. The molecule has 0 aliphatic heterocycles. The van der Waals surface area contributed by atoms with Gasteiger partial charge in [0, 0.05) is 33.2 Å². The summed E-state index contributed by atoms with van der Waals surface area (Å²) in [5.74, 6) is 0.0937. The minimum Gasteiger partial charge on any atom is -0.122 e. The molecule has 0 nitrogen and oxygen atoms in total. The second-order valence-electron chi connectivity index (χ2n) is 4.45. The van der Waals surface area contributed by atoms with Crippen molar-refractivity contribution in [1.82, 2.24) is 0 Å². The zero-order chi connectivity index (χ0) is 11.8. The highest BCUT2D eigenvalue weighted by molar-refractivity contribution is 6.53. The van der Waals surface area contributed by atoms with Crippen LogP contribution in [0.4, 0.5) is 0 Å². The lowest BCUT2D eigenvalue weighted by Gasteiger charge is -2.37. The number of rotatable bonds is 0. The van der Waals surface area contributed by atoms with E-state index >= 15 is 0 Å². The topological polar surface area (TPSA) is 0 Å². The first-order valence-electron chi connectivity index (χ1n) is 4.85. The van der Waals surface area contributed by atoms with E-state index in [1.165, 1.54) is 0 Å². The molecule has 6 heteroatoms. The minimum absolute atomic E-state index is 0.0455. The molecule has 1 fully saturated rings. The average molecular weight is 339 g/mol. The Bertz CT molecular complexity index is 439. The second-order valence-corrected chi connectivity index (χ2v) is 7.12. The number of hydrogen-bond acceptors (Lipinski definition) is 0. The molecule has 3 aliphatic rings. The van der Waals surface area contributed by atoms with E-state index in [9.17, 15) is 0 Å². The maximum Gasteiger partial charge on any atom is 0.122 e. The van der Waals surface area contributed by atoms with Crippen molar-refractivity contribution < 1.29 is 0 Å². The van der Waals surface area contributed by atoms with E-state index in [2.05, 4.69) is 0 Å². The summed E-state index contributed by atoms with van der Waals surface area (Å²) < 4.78 is 0. The molecule has 0 heterocycles. The molecule has 0 aromatic heterocycles. The van der Waals surface area contributed by atoms with Crippen molar-refractivity contribution in [3.63, 3.8) is 0 Å². The highest BCUT2D eigenvalue weighted by atomic mass is 35.5. The van der Waals surface area contributed by atoms with Gasteiger partial charge in [0.15, 0.2) is 0 Å². The van der Waals surface area contributed by atoms with Crippen molar-refractivity contribution in [2.75, 3.05) is 0 Å². The molecule has 88 valence electrons. The lowest BCUT2D eigenvalue weighted by molar-refractivity contribution is 0.433. The summed E-state index contributed by atoms with van der Waals surface area (Å²) in [5.41, 5.74) is 0. The molecule has 0 saturated heterocycles. The number of alkyl halides is 2. The van der Waals surface area contributed by atoms with Crippen LogP contribution in [0.3, 0.4) is 0 Å². The van der Waals surface area contributed by atoms with Gasteiger partial charge >= 0.3 is 0 Å². The highest BCUT2D eigenvalue weighted by Crippen LogP contribution is 2.69. The lowest BCUT2D eigenvalue weighted by Crippen LogP contribution is -2.40. The minimum atomic E-state index is -0.999. The van der Waals surface area contributed by atoms with Crippen molar-refractivity contribution in [1.29, 1.82) is 0 Å². The van der Waals surface area contributed by atoms with Crippen LogP contribution in [0.2, 0.25) is 0 Å². The van der Waals surface area contributed by atoms with Crippen LogP contribution in [0.5, 0.6) is 0 Å². The Hall–Kier alpha value is 1.22. The number of halogens is 6. The van der Waals surface area contributed by atoms with Gasteiger partial charge in [0.1, 0.15) is 4.87 Å². The smallest absolute Gasteiger partial charge is 0.122 e. The Morgan fingerprint density at radius 1 is 0.938 bits per heavy atom. The third-order valence-electron chi connectivity index (χ3n) is 3.84. The molecule has 2 bridgehead atoms. The molecule has 0 amide bonds. The first-order valence-corrected chi connectivity index (χ1v) is 7.17. The average Bonchev–Trinajstić information content (AvgIpc) is 2.66. The van der Waals surface area contributed by atoms with Crippen LogP contribution in [-0.2, 0) is 0 Å². The van der Waals surface area contributed by atoms with Crippen LogP contribution in [0.25, 0.3) is 0 Å². The van der Waals surface area contributed by atoms with Gasteiger partial charge in [-0.15, -0.1) is 23.2 Å². The third kappa shape index (κ3) is 1.17. The van der Waals surface area contributed by atoms with Crippen LogP contribution in [-0.4, -0.2) is 10.3 Å². The zero-order valence-electron chi connectivity index (χ0n) is 7.78. The van der Waals surface area contributed by atoms with Gasteiger partial charge in [-0.2, -0.15) is 0 Å². The Kier molecular flexibility index (Phi) is 2.77. The van der Waals surface area contributed by atoms with Crippen LogP contribution in [0.15, 0.2) is 20.1 Å². The molecular weight excluding hydrogens is 333 g/mol. The molecule has 5 atom stereocenters. The van der Waals surface area contributed by atoms with Crippen molar-refractivity contribution in [3.8, 4) is 0 Å². The van der Waals surface area contributed by atoms with Crippen molar-refractivity contribution in [2.45, 2.75) is 16.7 Å². The van der Waals surface area contributed by atoms with Gasteiger partial charge in [-0.3, -0.25) is 0 Å². The molecule has 0 aromatic carbocycles. The van der Waals surface area contributed by atoms with Crippen molar-refractivity contribution in [3.05, 3.63) is 20.1 Å². The van der Waals surface area contributed by atoms with E-state index in [0.29, 0.717) is 20.1 Å². The summed E-state index contributed by atoms with van der Waals surface area (Å²) in [5, 5.41) is 1.76. The Balaban J connectivity index is 2.29. The fourth-order valence-corrected chi connectivity index (χ4v) is 5.91. The summed E-state index contributed by atoms with van der Waals surface area (Å²) in [4.78, 5) is -0.999. The summed E-state index contributed by atoms with van der Waals surface area (Å²) in [6.07, 6.45) is 0.775. The van der Waals surface area contributed by atoms with Crippen molar-refractivity contribution in [2.24, 2.45) is 17.8 Å². The SMILES string of the molecule is ClC1=C(Cl)C2(Cl)C(Cl)=C(Cl)[C@H]3CC1C(Cl)C32. The molecule has 0 radical (unpaired) electrons. The predicted molar refractivity (Wildman–Crippen MR) is 70.8 cm³/mol. The molecule has 3 aliphatic carbocycles. The van der Waals surface area contributed by atoms with Gasteiger partial charge in [0.25, 0.3) is 0 Å². The Morgan fingerprint density at radius 3 is 2.00 bits per heavy atom. The maximum atomic E-state index is 6.55. The van der Waals surface area contributed by atoms with E-state index in [4.69, 9.17) is 69.6 Å². The van der Waals surface area contributed by atoms with E-state index in [-0.39, 0.29) is 23.1 Å². The summed E-state index contributed by atoms with van der Waals surface area (Å²) >= 11 is 37.8. The molecule has 16 heavy (non-hydrogen) atoms. The first kappa shape index (κ1) is 12.3. The van der Waals surface area contributed by atoms with E-state index < -0.39 is 4.87 Å². The monoisotopic (exact) mass is 336 g/mol. The molecule has 0 spiro atoms.